The Morgan fingerprint density at radius 3 is 2.29 bits per heavy atom. The van der Waals surface area contributed by atoms with Gasteiger partial charge in [-0.2, -0.15) is 5.26 Å². The number of rotatable bonds is 9. The summed E-state index contributed by atoms with van der Waals surface area (Å²) in [6.07, 6.45) is 1.38. The van der Waals surface area contributed by atoms with E-state index in [1.165, 1.54) is 12.1 Å². The molecule has 2 aromatic carbocycles. The van der Waals surface area contributed by atoms with Gasteiger partial charge in [0.05, 0.1) is 13.2 Å². The number of esters is 2. The number of nitrogens with zero attached hydrogens (tertiary/aromatic N) is 1. The van der Waals surface area contributed by atoms with Gasteiger partial charge in [0.25, 0.3) is 0 Å². The lowest BCUT2D eigenvalue weighted by molar-refractivity contribution is -0.138. The monoisotopic (exact) mass is 423 g/mol. The third-order valence-corrected chi connectivity index (χ3v) is 3.97. The van der Waals surface area contributed by atoms with E-state index >= 15 is 0 Å². The number of aryl methyl sites for hydroxylation is 2. The van der Waals surface area contributed by atoms with Gasteiger partial charge in [-0.3, -0.25) is 0 Å². The Balaban J connectivity index is 2.14. The molecule has 7 nitrogen and oxygen atoms in total. The van der Waals surface area contributed by atoms with Crippen LogP contribution in [0.1, 0.15) is 30.5 Å². The molecule has 0 saturated carbocycles. The molecule has 7 heteroatoms. The molecule has 31 heavy (non-hydrogen) atoms. The Morgan fingerprint density at radius 2 is 1.68 bits per heavy atom. The van der Waals surface area contributed by atoms with Crippen LogP contribution in [0.3, 0.4) is 0 Å². The fraction of sp³-hybridized carbons (Fsp3) is 0.292. The number of benzene rings is 2. The van der Waals surface area contributed by atoms with Gasteiger partial charge in [0.2, 0.25) is 0 Å². The quantitative estimate of drug-likeness (QED) is 0.259. The predicted molar refractivity (Wildman–Crippen MR) is 115 cm³/mol. The van der Waals surface area contributed by atoms with Crippen LogP contribution < -0.4 is 14.2 Å². The first-order valence-corrected chi connectivity index (χ1v) is 9.83. The van der Waals surface area contributed by atoms with Crippen molar-refractivity contribution in [2.75, 3.05) is 19.8 Å². The zero-order chi connectivity index (χ0) is 22.8. The molecule has 0 N–H and O–H groups in total. The summed E-state index contributed by atoms with van der Waals surface area (Å²) >= 11 is 0. The topological polar surface area (TPSA) is 94.9 Å². The van der Waals surface area contributed by atoms with Gasteiger partial charge < -0.3 is 18.9 Å². The standard InChI is InChI=1S/C24H25NO6/c1-5-28-22-13-18(12-19(14-25)24(27)29-6-2)7-8-21(22)31-23(26)15-30-20-10-16(3)9-17(4)11-20/h7-13H,5-6,15H2,1-4H3/b19-12+. The fourth-order valence-electron chi connectivity index (χ4n) is 2.79. The van der Waals surface area contributed by atoms with Crippen molar-refractivity contribution in [1.82, 2.24) is 0 Å². The lowest BCUT2D eigenvalue weighted by atomic mass is 10.1. The molecule has 0 amide bonds. The number of carbonyl (C=O) groups excluding carboxylic acids is 2. The van der Waals surface area contributed by atoms with Gasteiger partial charge >= 0.3 is 11.9 Å². The lowest BCUT2D eigenvalue weighted by Crippen LogP contribution is -2.18. The molecule has 2 aromatic rings. The second kappa shape index (κ2) is 11.4. The molecule has 0 unspecified atom stereocenters. The molecule has 0 aliphatic carbocycles. The van der Waals surface area contributed by atoms with Crippen LogP contribution in [-0.2, 0) is 14.3 Å². The van der Waals surface area contributed by atoms with Gasteiger partial charge in [-0.05, 0) is 74.7 Å². The van der Waals surface area contributed by atoms with Gasteiger partial charge in [-0.15, -0.1) is 0 Å². The van der Waals surface area contributed by atoms with E-state index in [9.17, 15) is 14.9 Å². The molecule has 0 atom stereocenters. The third-order valence-electron chi connectivity index (χ3n) is 3.97. The second-order valence-corrected chi connectivity index (χ2v) is 6.62. The molecular formula is C24H25NO6. The minimum absolute atomic E-state index is 0.143. The molecule has 0 aromatic heterocycles. The predicted octanol–water partition coefficient (Wildman–Crippen LogP) is 4.16. The fourth-order valence-corrected chi connectivity index (χ4v) is 2.79. The summed E-state index contributed by atoms with van der Waals surface area (Å²) in [4.78, 5) is 24.1. The van der Waals surface area contributed by atoms with Crippen LogP contribution in [0.15, 0.2) is 42.0 Å². The average Bonchev–Trinajstić information content (AvgIpc) is 2.72. The van der Waals surface area contributed by atoms with Crippen LogP contribution in [0, 0.1) is 25.2 Å². The highest BCUT2D eigenvalue weighted by Crippen LogP contribution is 2.30. The number of hydrogen-bond donors (Lipinski definition) is 0. The van der Waals surface area contributed by atoms with Crippen molar-refractivity contribution in [2.24, 2.45) is 0 Å². The van der Waals surface area contributed by atoms with E-state index in [0.29, 0.717) is 23.7 Å². The zero-order valence-corrected chi connectivity index (χ0v) is 18.1. The Morgan fingerprint density at radius 1 is 0.968 bits per heavy atom. The van der Waals surface area contributed by atoms with Gasteiger partial charge in [-0.1, -0.05) is 12.1 Å². The summed E-state index contributed by atoms with van der Waals surface area (Å²) in [6, 6.07) is 12.2. The SMILES string of the molecule is CCOC(=O)/C(C#N)=C/c1ccc(OC(=O)COc2cc(C)cc(C)c2)c(OCC)c1. The molecule has 0 heterocycles. The highest BCUT2D eigenvalue weighted by atomic mass is 16.6. The molecule has 162 valence electrons. The van der Waals surface area contributed by atoms with E-state index in [1.807, 2.05) is 38.1 Å². The lowest BCUT2D eigenvalue weighted by Gasteiger charge is -2.12. The summed E-state index contributed by atoms with van der Waals surface area (Å²) in [6.45, 7) is 7.58. The maximum atomic E-state index is 12.3. The normalized spacial score (nSPS) is 10.7. The third kappa shape index (κ3) is 7.19. The number of carbonyl (C=O) groups is 2. The first-order chi connectivity index (χ1) is 14.9. The van der Waals surface area contributed by atoms with E-state index in [0.717, 1.165) is 11.1 Å². The zero-order valence-electron chi connectivity index (χ0n) is 18.1. The van der Waals surface area contributed by atoms with Crippen molar-refractivity contribution in [2.45, 2.75) is 27.7 Å². The van der Waals surface area contributed by atoms with Crippen molar-refractivity contribution in [1.29, 1.82) is 5.26 Å². The van der Waals surface area contributed by atoms with Crippen LogP contribution in [0.2, 0.25) is 0 Å². The van der Waals surface area contributed by atoms with Gasteiger partial charge in [0.1, 0.15) is 17.4 Å². The maximum Gasteiger partial charge on any atom is 0.349 e. The first-order valence-electron chi connectivity index (χ1n) is 9.83. The number of hydrogen-bond acceptors (Lipinski definition) is 7. The van der Waals surface area contributed by atoms with Crippen LogP contribution in [0.5, 0.6) is 17.2 Å². The smallest absolute Gasteiger partial charge is 0.349 e. The highest BCUT2D eigenvalue weighted by molar-refractivity contribution is 5.98. The van der Waals surface area contributed by atoms with Crippen molar-refractivity contribution in [3.8, 4) is 23.3 Å². The minimum Gasteiger partial charge on any atom is -0.490 e. The van der Waals surface area contributed by atoms with Crippen molar-refractivity contribution in [3.63, 3.8) is 0 Å². The van der Waals surface area contributed by atoms with E-state index < -0.39 is 11.9 Å². The average molecular weight is 423 g/mol. The Kier molecular flexibility index (Phi) is 8.64. The molecule has 0 spiro atoms. The maximum absolute atomic E-state index is 12.3. The van der Waals surface area contributed by atoms with E-state index in [-0.39, 0.29) is 24.5 Å². The van der Waals surface area contributed by atoms with Gasteiger partial charge in [0.15, 0.2) is 18.1 Å². The summed E-state index contributed by atoms with van der Waals surface area (Å²) < 4.78 is 21.3. The Labute approximate surface area is 181 Å². The number of ether oxygens (including phenoxy) is 4. The Bertz CT molecular complexity index is 999. The molecule has 0 bridgehead atoms. The van der Waals surface area contributed by atoms with Gasteiger partial charge in [0, 0.05) is 0 Å². The van der Waals surface area contributed by atoms with Gasteiger partial charge in [-0.25, -0.2) is 9.59 Å². The van der Waals surface area contributed by atoms with E-state index in [4.69, 9.17) is 18.9 Å². The highest BCUT2D eigenvalue weighted by Gasteiger charge is 2.14. The van der Waals surface area contributed by atoms with Crippen LogP contribution >= 0.6 is 0 Å². The molecule has 2 rings (SSSR count). The largest absolute Gasteiger partial charge is 0.490 e. The van der Waals surface area contributed by atoms with Crippen LogP contribution in [-0.4, -0.2) is 31.8 Å². The molecule has 0 aliphatic heterocycles. The molecule has 0 aliphatic rings. The number of nitriles is 1. The van der Waals surface area contributed by atoms with Crippen LogP contribution in [0.4, 0.5) is 0 Å². The summed E-state index contributed by atoms with van der Waals surface area (Å²) in [5.74, 6) is -0.197. The minimum atomic E-state index is -0.706. The molecular weight excluding hydrogens is 398 g/mol. The molecule has 0 fully saturated rings. The summed E-state index contributed by atoms with van der Waals surface area (Å²) in [5, 5.41) is 9.18. The van der Waals surface area contributed by atoms with Crippen molar-refractivity contribution in [3.05, 3.63) is 58.7 Å². The Hall–Kier alpha value is -3.79. The first kappa shape index (κ1) is 23.5. The summed E-state index contributed by atoms with van der Waals surface area (Å²) in [7, 11) is 0. The summed E-state index contributed by atoms with van der Waals surface area (Å²) in [5.41, 5.74) is 2.45. The van der Waals surface area contributed by atoms with Crippen molar-refractivity contribution >= 4 is 18.0 Å². The second-order valence-electron chi connectivity index (χ2n) is 6.62. The van der Waals surface area contributed by atoms with E-state index in [1.54, 1.807) is 26.0 Å². The van der Waals surface area contributed by atoms with Crippen molar-refractivity contribution < 1.29 is 28.5 Å². The molecule has 0 radical (unpaired) electrons. The van der Waals surface area contributed by atoms with Crippen LogP contribution in [0.25, 0.3) is 6.08 Å². The molecule has 0 saturated heterocycles. The van der Waals surface area contributed by atoms with E-state index in [2.05, 4.69) is 0 Å².